The van der Waals surface area contributed by atoms with Crippen molar-refractivity contribution < 1.29 is 38.4 Å². The molecule has 0 radical (unpaired) electrons. The first-order valence-electron chi connectivity index (χ1n) is 15.4. The number of halogens is 1. The molecule has 0 saturated heterocycles. The summed E-state index contributed by atoms with van der Waals surface area (Å²) in [4.78, 5) is 24.7. The molecular weight excluding hydrogens is 652 g/mol. The van der Waals surface area contributed by atoms with Crippen LogP contribution >= 0.6 is 11.6 Å². The van der Waals surface area contributed by atoms with Crippen molar-refractivity contribution in [3.8, 4) is 23.0 Å². The molecule has 49 heavy (non-hydrogen) atoms. The molecule has 2 atom stereocenters. The molecule has 0 aromatic heterocycles. The summed E-state index contributed by atoms with van der Waals surface area (Å²) >= 11 is 6.56. The molecule has 13 heteroatoms. The molecule has 0 spiro atoms. The number of ether oxygens (including phenoxy) is 5. The van der Waals surface area contributed by atoms with Gasteiger partial charge in [0.15, 0.2) is 29.2 Å². The molecule has 0 unspecified atom stereocenters. The van der Waals surface area contributed by atoms with Crippen molar-refractivity contribution in [1.82, 2.24) is 16.1 Å². The summed E-state index contributed by atoms with van der Waals surface area (Å²) in [5, 5.41) is 22.6. The van der Waals surface area contributed by atoms with Crippen LogP contribution in [0.2, 0.25) is 5.02 Å². The minimum atomic E-state index is -1.19. The Balaban J connectivity index is 1.20. The predicted octanol–water partition coefficient (Wildman–Crippen LogP) is 5.60. The maximum absolute atomic E-state index is 12.5. The van der Waals surface area contributed by atoms with E-state index >= 15 is 0 Å². The average Bonchev–Trinajstić information content (AvgIpc) is 3.09. The number of rotatable bonds is 14. The zero-order chi connectivity index (χ0) is 34.9. The lowest BCUT2D eigenvalue weighted by Crippen LogP contribution is -2.45. The Bertz CT molecular complexity index is 1900. The number of esters is 1. The maximum Gasteiger partial charge on any atom is 0.337 e. The van der Waals surface area contributed by atoms with Gasteiger partial charge in [-0.1, -0.05) is 54.1 Å². The molecule has 0 bridgehead atoms. The van der Waals surface area contributed by atoms with E-state index in [4.69, 9.17) is 35.3 Å². The predicted molar refractivity (Wildman–Crippen MR) is 185 cm³/mol. The first-order chi connectivity index (χ1) is 23.7. The number of benzene rings is 4. The molecule has 0 fully saturated rings. The molecule has 1 aliphatic heterocycles. The average molecular weight is 689 g/mol. The van der Waals surface area contributed by atoms with Gasteiger partial charge in [-0.25, -0.2) is 9.59 Å². The van der Waals surface area contributed by atoms with Crippen molar-refractivity contribution in [2.75, 3.05) is 27.4 Å². The van der Waals surface area contributed by atoms with Crippen LogP contribution in [0.4, 0.5) is 4.79 Å². The van der Waals surface area contributed by atoms with Gasteiger partial charge in [0.1, 0.15) is 13.2 Å². The smallest absolute Gasteiger partial charge is 0.337 e. The van der Waals surface area contributed by atoms with E-state index in [1.165, 1.54) is 20.4 Å². The van der Waals surface area contributed by atoms with Gasteiger partial charge in [0.05, 0.1) is 43.7 Å². The number of carbonyl (C=O) groups is 2. The Labute approximate surface area is 288 Å². The molecule has 5 rings (SSSR count). The molecule has 256 valence electrons. The topological polar surface area (TPSA) is 149 Å². The normalized spacial score (nSPS) is 15.0. The Hall–Kier alpha value is -5.46. The molecule has 0 saturated carbocycles. The molecular formula is C36H37ClN4O8. The molecule has 12 nitrogen and oxygen atoms in total. The van der Waals surface area contributed by atoms with Gasteiger partial charge in [0, 0.05) is 5.70 Å². The number of hydrogen-bond donors (Lipinski definition) is 4. The van der Waals surface area contributed by atoms with Gasteiger partial charge in [-0.3, -0.25) is 5.43 Å². The number of nitrogens with one attached hydrogen (secondary N) is 3. The van der Waals surface area contributed by atoms with Crippen LogP contribution < -0.4 is 35.0 Å². The van der Waals surface area contributed by atoms with Crippen LogP contribution in [-0.4, -0.2) is 57.0 Å². The Morgan fingerprint density at radius 2 is 1.80 bits per heavy atom. The van der Waals surface area contributed by atoms with Crippen LogP contribution in [0.3, 0.4) is 0 Å². The van der Waals surface area contributed by atoms with E-state index in [1.807, 2.05) is 37.3 Å². The van der Waals surface area contributed by atoms with Gasteiger partial charge in [-0.15, -0.1) is 0 Å². The first kappa shape index (κ1) is 34.9. The molecule has 4 aromatic carbocycles. The maximum atomic E-state index is 12.5. The second kappa shape index (κ2) is 16.1. The largest absolute Gasteiger partial charge is 0.493 e. The van der Waals surface area contributed by atoms with Crippen molar-refractivity contribution in [1.29, 1.82) is 0 Å². The summed E-state index contributed by atoms with van der Waals surface area (Å²) < 4.78 is 28.1. The molecule has 4 N–H and O–H groups in total. The van der Waals surface area contributed by atoms with E-state index in [1.54, 1.807) is 37.3 Å². The SMILES string of the molecule is CCOc1cc([C@H]2NC(=O)NC(C)=C2C(=O)OC)ccc1OC[C@H](O)N/N=C\c1cc(Cl)c(OCc2ccc3ccccc3c2)c(OC)c1. The standard InChI is InChI=1S/C36H37ClN4O8/c1-5-47-29-17-26(33-32(35(43)46-4)21(2)39-36(44)40-33)12-13-28(29)48-20-31(42)41-38-18-23-15-27(37)34(30(16-23)45-3)49-19-22-10-11-24-8-6-7-9-25(24)14-22/h6-18,31,33,41-42H,5,19-20H2,1-4H3,(H2,39,40,44)/b38-18-/t31-,33+/m0/s1. The number of allylic oxidation sites excluding steroid dienone is 1. The van der Waals surface area contributed by atoms with Crippen LogP contribution in [0, 0.1) is 0 Å². The van der Waals surface area contributed by atoms with Crippen molar-refractivity contribution >= 4 is 40.6 Å². The number of fused-ring (bicyclic) bond motifs is 1. The quantitative estimate of drug-likeness (QED) is 0.0575. The molecule has 4 aromatic rings. The van der Waals surface area contributed by atoms with Gasteiger partial charge < -0.3 is 39.4 Å². The Morgan fingerprint density at radius 1 is 1.00 bits per heavy atom. The third-order valence-electron chi connectivity index (χ3n) is 7.56. The number of carbonyl (C=O) groups excluding carboxylic acids is 2. The molecule has 1 aliphatic rings. The van der Waals surface area contributed by atoms with Gasteiger partial charge in [-0.05, 0) is 71.6 Å². The number of urea groups is 1. The van der Waals surface area contributed by atoms with Crippen molar-refractivity contribution in [2.24, 2.45) is 5.10 Å². The molecule has 2 amide bonds. The van der Waals surface area contributed by atoms with Crippen molar-refractivity contribution in [2.45, 2.75) is 32.7 Å². The zero-order valence-electron chi connectivity index (χ0n) is 27.4. The summed E-state index contributed by atoms with van der Waals surface area (Å²) in [5.74, 6) is 0.952. The summed E-state index contributed by atoms with van der Waals surface area (Å²) in [6.45, 7) is 3.87. The number of nitrogens with zero attached hydrogens (tertiary/aromatic N) is 1. The van der Waals surface area contributed by atoms with E-state index in [9.17, 15) is 14.7 Å². The number of hydrazone groups is 1. The highest BCUT2D eigenvalue weighted by molar-refractivity contribution is 6.32. The van der Waals surface area contributed by atoms with E-state index in [0.717, 1.165) is 16.3 Å². The highest BCUT2D eigenvalue weighted by Gasteiger charge is 2.32. The number of hydrogen-bond acceptors (Lipinski definition) is 10. The van der Waals surface area contributed by atoms with Crippen LogP contribution in [0.15, 0.2) is 89.2 Å². The minimum absolute atomic E-state index is 0.182. The summed E-state index contributed by atoms with van der Waals surface area (Å²) in [6, 6.07) is 21.4. The monoisotopic (exact) mass is 688 g/mol. The van der Waals surface area contributed by atoms with Gasteiger partial charge in [0.25, 0.3) is 0 Å². The molecule has 1 heterocycles. The lowest BCUT2D eigenvalue weighted by molar-refractivity contribution is -0.136. The van der Waals surface area contributed by atoms with Gasteiger partial charge in [0.2, 0.25) is 0 Å². The minimum Gasteiger partial charge on any atom is -0.493 e. The van der Waals surface area contributed by atoms with E-state index < -0.39 is 24.3 Å². The first-order valence-corrected chi connectivity index (χ1v) is 15.8. The lowest BCUT2D eigenvalue weighted by Gasteiger charge is -2.28. The Morgan fingerprint density at radius 3 is 2.55 bits per heavy atom. The van der Waals surface area contributed by atoms with Gasteiger partial charge in [-0.2, -0.15) is 5.10 Å². The van der Waals surface area contributed by atoms with Crippen LogP contribution in [0.25, 0.3) is 10.8 Å². The summed E-state index contributed by atoms with van der Waals surface area (Å²) in [6.07, 6.45) is 0.292. The second-order valence-corrected chi connectivity index (χ2v) is 11.3. The van der Waals surface area contributed by atoms with Crippen molar-refractivity contribution in [3.05, 3.63) is 106 Å². The third-order valence-corrected chi connectivity index (χ3v) is 7.84. The number of aliphatic hydroxyl groups excluding tert-OH is 1. The van der Waals surface area contributed by atoms with Crippen LogP contribution in [0.1, 0.15) is 36.6 Å². The fourth-order valence-electron chi connectivity index (χ4n) is 5.26. The second-order valence-electron chi connectivity index (χ2n) is 10.9. The summed E-state index contributed by atoms with van der Waals surface area (Å²) in [5.41, 5.74) is 5.43. The third kappa shape index (κ3) is 8.53. The van der Waals surface area contributed by atoms with Gasteiger partial charge >= 0.3 is 12.0 Å². The number of aliphatic hydroxyl groups is 1. The fourth-order valence-corrected chi connectivity index (χ4v) is 5.53. The highest BCUT2D eigenvalue weighted by Crippen LogP contribution is 2.37. The number of methoxy groups -OCH3 is 2. The van der Waals surface area contributed by atoms with E-state index in [-0.39, 0.29) is 12.2 Å². The zero-order valence-corrected chi connectivity index (χ0v) is 28.2. The number of amides is 2. The van der Waals surface area contributed by atoms with E-state index in [2.05, 4.69) is 33.3 Å². The van der Waals surface area contributed by atoms with Crippen molar-refractivity contribution in [3.63, 3.8) is 0 Å². The van der Waals surface area contributed by atoms with E-state index in [0.29, 0.717) is 58.1 Å². The van der Waals surface area contributed by atoms with Crippen LogP contribution in [-0.2, 0) is 16.1 Å². The summed E-state index contributed by atoms with van der Waals surface area (Å²) in [7, 11) is 2.80. The van der Waals surface area contributed by atoms with Crippen LogP contribution in [0.5, 0.6) is 23.0 Å². The fraction of sp³-hybridized carbons (Fsp3) is 0.250. The molecule has 0 aliphatic carbocycles. The lowest BCUT2D eigenvalue weighted by atomic mass is 9.95. The Kier molecular flexibility index (Phi) is 11.4. The highest BCUT2D eigenvalue weighted by atomic mass is 35.5.